The lowest BCUT2D eigenvalue weighted by molar-refractivity contribution is -0.645. The lowest BCUT2D eigenvalue weighted by atomic mass is 10.3. The minimum absolute atomic E-state index is 0.0130. The predicted molar refractivity (Wildman–Crippen MR) is 77.8 cm³/mol. The van der Waals surface area contributed by atoms with E-state index in [1.54, 1.807) is 18.2 Å². The molecule has 0 aliphatic carbocycles. The van der Waals surface area contributed by atoms with E-state index in [4.69, 9.17) is 0 Å². The van der Waals surface area contributed by atoms with Crippen molar-refractivity contribution in [3.63, 3.8) is 0 Å². The van der Waals surface area contributed by atoms with Gasteiger partial charge in [0.1, 0.15) is 5.75 Å². The molecule has 1 aromatic heterocycles. The number of pyridine rings is 1. The smallest absolute Gasteiger partial charge is 0.387 e. The highest BCUT2D eigenvalue weighted by molar-refractivity contribution is 7.99. The number of aromatic nitrogens is 1. The number of amides is 1. The van der Waals surface area contributed by atoms with Crippen LogP contribution in [0.2, 0.25) is 0 Å². The van der Waals surface area contributed by atoms with Gasteiger partial charge in [0.15, 0.2) is 6.20 Å². The first-order valence-electron chi connectivity index (χ1n) is 6.20. The molecule has 0 saturated heterocycles. The van der Waals surface area contributed by atoms with Crippen LogP contribution in [0.25, 0.3) is 0 Å². The van der Waals surface area contributed by atoms with Crippen molar-refractivity contribution in [2.45, 2.75) is 11.6 Å². The highest BCUT2D eigenvalue weighted by Crippen LogP contribution is 2.18. The molecule has 0 radical (unpaired) electrons. The van der Waals surface area contributed by atoms with Crippen LogP contribution in [0.1, 0.15) is 0 Å². The molecule has 116 valence electrons. The third kappa shape index (κ3) is 4.88. The van der Waals surface area contributed by atoms with Crippen LogP contribution in [-0.4, -0.2) is 18.3 Å². The van der Waals surface area contributed by atoms with E-state index in [1.165, 1.54) is 30.5 Å². The van der Waals surface area contributed by atoms with Crippen LogP contribution < -0.4 is 14.8 Å². The van der Waals surface area contributed by atoms with Crippen molar-refractivity contribution in [3.05, 3.63) is 53.9 Å². The Hall–Kier alpha value is -2.35. The van der Waals surface area contributed by atoms with Crippen LogP contribution in [0.15, 0.2) is 53.7 Å². The summed E-state index contributed by atoms with van der Waals surface area (Å²) in [5.74, 6) is -0.239. The molecule has 0 fully saturated rings. The minimum Gasteiger partial charge on any atom is -0.618 e. The predicted octanol–water partition coefficient (Wildman–Crippen LogP) is 2.65. The number of halogens is 2. The normalized spacial score (nSPS) is 10.5. The van der Waals surface area contributed by atoms with E-state index in [1.807, 2.05) is 0 Å². The van der Waals surface area contributed by atoms with Gasteiger partial charge in [-0.2, -0.15) is 13.5 Å². The number of carbonyl (C=O) groups is 1. The fourth-order valence-electron chi connectivity index (χ4n) is 1.58. The Morgan fingerprint density at radius 3 is 2.64 bits per heavy atom. The molecule has 1 N–H and O–H groups in total. The van der Waals surface area contributed by atoms with Gasteiger partial charge in [0.05, 0.1) is 5.75 Å². The van der Waals surface area contributed by atoms with Gasteiger partial charge in [-0.15, -0.1) is 0 Å². The Bertz CT molecular complexity index is 638. The summed E-state index contributed by atoms with van der Waals surface area (Å²) >= 11 is 1.10. The van der Waals surface area contributed by atoms with E-state index in [0.717, 1.165) is 11.8 Å². The SMILES string of the molecule is O=C(CSc1cccc[n+]1[O-])Nc1ccc(OC(F)F)cc1. The van der Waals surface area contributed by atoms with Crippen LogP contribution in [0.3, 0.4) is 0 Å². The number of hydrogen-bond acceptors (Lipinski definition) is 4. The van der Waals surface area contributed by atoms with Crippen molar-refractivity contribution < 1.29 is 23.0 Å². The van der Waals surface area contributed by atoms with E-state index in [9.17, 15) is 18.8 Å². The monoisotopic (exact) mass is 326 g/mol. The third-order valence-electron chi connectivity index (χ3n) is 2.50. The molecule has 0 atom stereocenters. The van der Waals surface area contributed by atoms with Crippen LogP contribution in [0, 0.1) is 5.21 Å². The summed E-state index contributed by atoms with van der Waals surface area (Å²) in [4.78, 5) is 11.8. The number of ether oxygens (including phenoxy) is 1. The molecule has 22 heavy (non-hydrogen) atoms. The van der Waals surface area contributed by atoms with E-state index >= 15 is 0 Å². The number of carbonyl (C=O) groups excluding carboxylic acids is 1. The van der Waals surface area contributed by atoms with Gasteiger partial charge in [-0.05, 0) is 42.1 Å². The molecule has 1 amide bonds. The molecule has 8 heteroatoms. The lowest BCUT2D eigenvalue weighted by Gasteiger charge is -2.07. The number of rotatable bonds is 6. The van der Waals surface area contributed by atoms with Gasteiger partial charge in [0.2, 0.25) is 5.91 Å². The average Bonchev–Trinajstić information content (AvgIpc) is 2.48. The summed E-state index contributed by atoms with van der Waals surface area (Å²) < 4.78 is 28.9. The van der Waals surface area contributed by atoms with E-state index < -0.39 is 6.61 Å². The summed E-state index contributed by atoms with van der Waals surface area (Å²) in [6, 6.07) is 10.5. The van der Waals surface area contributed by atoms with Gasteiger partial charge in [-0.3, -0.25) is 4.79 Å². The van der Waals surface area contributed by atoms with Crippen molar-refractivity contribution in [2.24, 2.45) is 0 Å². The van der Waals surface area contributed by atoms with Crippen molar-refractivity contribution in [2.75, 3.05) is 11.1 Å². The van der Waals surface area contributed by atoms with Crippen molar-refractivity contribution in [1.82, 2.24) is 0 Å². The minimum atomic E-state index is -2.89. The first-order chi connectivity index (χ1) is 10.5. The zero-order valence-corrected chi connectivity index (χ0v) is 12.1. The van der Waals surface area contributed by atoms with E-state index in [0.29, 0.717) is 15.4 Å². The number of anilines is 1. The Kier molecular flexibility index (Phi) is 5.54. The second-order valence-electron chi connectivity index (χ2n) is 4.10. The summed E-state index contributed by atoms with van der Waals surface area (Å²) in [5, 5.41) is 14.4. The zero-order valence-electron chi connectivity index (χ0n) is 11.2. The summed E-state index contributed by atoms with van der Waals surface area (Å²) in [6.07, 6.45) is 1.35. The summed E-state index contributed by atoms with van der Waals surface area (Å²) in [7, 11) is 0. The first-order valence-corrected chi connectivity index (χ1v) is 7.19. The molecule has 0 saturated carbocycles. The molecule has 0 unspecified atom stereocenters. The molecule has 0 aliphatic heterocycles. The molecule has 2 rings (SSSR count). The third-order valence-corrected chi connectivity index (χ3v) is 3.52. The van der Waals surface area contributed by atoms with Crippen molar-refractivity contribution in [1.29, 1.82) is 0 Å². The summed E-state index contributed by atoms with van der Waals surface area (Å²) in [6.45, 7) is -2.89. The number of nitrogens with one attached hydrogen (secondary N) is 1. The molecule has 2 aromatic rings. The van der Waals surface area contributed by atoms with Crippen LogP contribution in [-0.2, 0) is 4.79 Å². The molecular formula is C14H12F2N2O3S. The number of hydrogen-bond donors (Lipinski definition) is 1. The van der Waals surface area contributed by atoms with Crippen molar-refractivity contribution >= 4 is 23.4 Å². The molecule has 1 aromatic carbocycles. The summed E-state index contributed by atoms with van der Waals surface area (Å²) in [5.41, 5.74) is 0.454. The standard InChI is InChI=1S/C14H12F2N2O3S/c15-14(16)21-11-6-4-10(5-7-11)17-12(19)9-22-13-3-1-2-8-18(13)20/h1-8,14H,9H2,(H,17,19). The fraction of sp³-hybridized carbons (Fsp3) is 0.143. The molecule has 1 heterocycles. The Morgan fingerprint density at radius 2 is 2.00 bits per heavy atom. The maximum Gasteiger partial charge on any atom is 0.387 e. The number of benzene rings is 1. The van der Waals surface area contributed by atoms with Gasteiger partial charge < -0.3 is 15.3 Å². The highest BCUT2D eigenvalue weighted by atomic mass is 32.2. The molecule has 0 aliphatic rings. The van der Waals surface area contributed by atoms with E-state index in [-0.39, 0.29) is 17.4 Å². The largest absolute Gasteiger partial charge is 0.618 e. The first kappa shape index (κ1) is 16.0. The van der Waals surface area contributed by atoms with Crippen LogP contribution in [0.4, 0.5) is 14.5 Å². The number of thioether (sulfide) groups is 1. The Labute approximate surface area is 129 Å². The topological polar surface area (TPSA) is 65.3 Å². The van der Waals surface area contributed by atoms with Crippen molar-refractivity contribution in [3.8, 4) is 5.75 Å². The fourth-order valence-corrected chi connectivity index (χ4v) is 2.29. The molecule has 5 nitrogen and oxygen atoms in total. The highest BCUT2D eigenvalue weighted by Gasteiger charge is 2.09. The Balaban J connectivity index is 1.85. The average molecular weight is 326 g/mol. The van der Waals surface area contributed by atoms with Gasteiger partial charge >= 0.3 is 6.61 Å². The zero-order chi connectivity index (χ0) is 15.9. The van der Waals surface area contributed by atoms with Crippen LogP contribution >= 0.6 is 11.8 Å². The maximum atomic E-state index is 12.0. The second-order valence-corrected chi connectivity index (χ2v) is 5.10. The Morgan fingerprint density at radius 1 is 1.27 bits per heavy atom. The number of alkyl halides is 2. The van der Waals surface area contributed by atoms with Crippen LogP contribution in [0.5, 0.6) is 5.75 Å². The maximum absolute atomic E-state index is 12.0. The molecule has 0 bridgehead atoms. The van der Waals surface area contributed by atoms with Gasteiger partial charge in [0, 0.05) is 17.8 Å². The van der Waals surface area contributed by atoms with Gasteiger partial charge in [0.25, 0.3) is 5.03 Å². The number of nitrogens with zero attached hydrogens (tertiary/aromatic N) is 1. The lowest BCUT2D eigenvalue weighted by Crippen LogP contribution is -2.28. The molecule has 0 spiro atoms. The molecular weight excluding hydrogens is 314 g/mol. The van der Waals surface area contributed by atoms with Gasteiger partial charge in [-0.25, -0.2) is 0 Å². The quantitative estimate of drug-likeness (QED) is 0.503. The second kappa shape index (κ2) is 7.60. The van der Waals surface area contributed by atoms with E-state index in [2.05, 4.69) is 10.1 Å². The van der Waals surface area contributed by atoms with Gasteiger partial charge in [-0.1, -0.05) is 0 Å².